The fourth-order valence-electron chi connectivity index (χ4n) is 2.28. The molecule has 0 radical (unpaired) electrons. The molecule has 0 bridgehead atoms. The van der Waals surface area contributed by atoms with Crippen molar-refractivity contribution in [3.63, 3.8) is 0 Å². The second-order valence-electron chi connectivity index (χ2n) is 4.71. The summed E-state index contributed by atoms with van der Waals surface area (Å²) in [6.45, 7) is 1.18. The van der Waals surface area contributed by atoms with Gasteiger partial charge in [0.25, 0.3) is 0 Å². The van der Waals surface area contributed by atoms with Crippen molar-refractivity contribution in [1.29, 1.82) is 0 Å². The van der Waals surface area contributed by atoms with Crippen LogP contribution in [-0.4, -0.2) is 5.78 Å². The summed E-state index contributed by atoms with van der Waals surface area (Å²) in [6, 6.07) is 11.8. The van der Waals surface area contributed by atoms with E-state index in [-0.39, 0.29) is 18.0 Å². The number of hydrogen-bond acceptors (Lipinski definition) is 2. The van der Waals surface area contributed by atoms with E-state index in [2.05, 4.69) is 0 Å². The van der Waals surface area contributed by atoms with Crippen LogP contribution < -0.4 is 0 Å². The number of rotatable bonds is 3. The van der Waals surface area contributed by atoms with Gasteiger partial charge in [-0.15, -0.1) is 0 Å². The smallest absolute Gasteiger partial charge is 0.167 e. The molecule has 1 heterocycles. The van der Waals surface area contributed by atoms with E-state index in [0.717, 1.165) is 11.1 Å². The number of hydrogen-bond donors (Lipinski definition) is 0. The van der Waals surface area contributed by atoms with E-state index in [0.29, 0.717) is 24.3 Å². The average Bonchev–Trinajstić information content (AvgIpc) is 2.85. The molecule has 0 amide bonds. The molecule has 0 unspecified atom stereocenters. The molecule has 0 atom stereocenters. The van der Waals surface area contributed by atoms with Crippen molar-refractivity contribution in [2.45, 2.75) is 19.6 Å². The molecule has 0 aromatic heterocycles. The minimum Gasteiger partial charge on any atom is -0.372 e. The van der Waals surface area contributed by atoms with Crippen LogP contribution in [0.25, 0.3) is 0 Å². The predicted molar refractivity (Wildman–Crippen MR) is 69.4 cm³/mol. The van der Waals surface area contributed by atoms with E-state index in [4.69, 9.17) is 4.74 Å². The number of carbonyl (C=O) groups excluding carboxylic acids is 1. The summed E-state index contributed by atoms with van der Waals surface area (Å²) in [7, 11) is 0. The normalized spacial score (nSPS) is 13.3. The monoisotopic (exact) mass is 256 g/mol. The molecule has 3 heteroatoms. The Morgan fingerprint density at radius 3 is 2.79 bits per heavy atom. The van der Waals surface area contributed by atoms with Crippen molar-refractivity contribution in [1.82, 2.24) is 0 Å². The molecular weight excluding hydrogens is 243 g/mol. The Balaban J connectivity index is 1.81. The molecule has 2 aromatic carbocycles. The lowest BCUT2D eigenvalue weighted by Crippen LogP contribution is -2.04. The minimum absolute atomic E-state index is 0.000278. The van der Waals surface area contributed by atoms with Gasteiger partial charge in [0.05, 0.1) is 13.2 Å². The summed E-state index contributed by atoms with van der Waals surface area (Å²) < 4.78 is 18.4. The highest BCUT2D eigenvalue weighted by Crippen LogP contribution is 2.21. The molecule has 1 aliphatic heterocycles. The summed E-state index contributed by atoms with van der Waals surface area (Å²) in [5, 5.41) is 0. The Hall–Kier alpha value is -2.00. The molecule has 0 saturated heterocycles. The highest BCUT2D eigenvalue weighted by Gasteiger charge is 2.14. The summed E-state index contributed by atoms with van der Waals surface area (Å²) in [6.07, 6.45) is 0.220. The van der Waals surface area contributed by atoms with Gasteiger partial charge < -0.3 is 4.74 Å². The predicted octanol–water partition coefficient (Wildman–Crippen LogP) is 3.28. The summed E-state index contributed by atoms with van der Waals surface area (Å²) in [5.74, 6) is -0.312. The molecule has 0 saturated carbocycles. The fraction of sp³-hybridized carbons (Fsp3) is 0.188. The average molecular weight is 256 g/mol. The van der Waals surface area contributed by atoms with E-state index < -0.39 is 0 Å². The third-order valence-corrected chi connectivity index (χ3v) is 3.30. The quantitative estimate of drug-likeness (QED) is 0.788. The van der Waals surface area contributed by atoms with Crippen LogP contribution in [0.3, 0.4) is 0 Å². The molecule has 1 aliphatic rings. The zero-order valence-electron chi connectivity index (χ0n) is 10.4. The van der Waals surface area contributed by atoms with Crippen LogP contribution in [-0.2, 0) is 24.4 Å². The zero-order valence-corrected chi connectivity index (χ0v) is 10.4. The van der Waals surface area contributed by atoms with Crippen LogP contribution in [0.4, 0.5) is 4.39 Å². The Kier molecular flexibility index (Phi) is 3.13. The first-order valence-corrected chi connectivity index (χ1v) is 6.19. The SMILES string of the molecule is O=C(Cc1cccc(F)c1)c1ccc2c(c1)COC2. The van der Waals surface area contributed by atoms with Crippen LogP contribution in [0.2, 0.25) is 0 Å². The highest BCUT2D eigenvalue weighted by molar-refractivity contribution is 5.97. The van der Waals surface area contributed by atoms with Crippen LogP contribution in [0, 0.1) is 5.82 Å². The van der Waals surface area contributed by atoms with Gasteiger partial charge in [-0.05, 0) is 34.9 Å². The van der Waals surface area contributed by atoms with Gasteiger partial charge in [-0.25, -0.2) is 4.39 Å². The lowest BCUT2D eigenvalue weighted by atomic mass is 9.99. The molecule has 3 rings (SSSR count). The number of Topliss-reactive ketones (excluding diaryl/α,β-unsaturated/α-hetero) is 1. The molecular formula is C16H13FO2. The van der Waals surface area contributed by atoms with Crippen molar-refractivity contribution in [3.05, 3.63) is 70.5 Å². The van der Waals surface area contributed by atoms with E-state index >= 15 is 0 Å². The highest BCUT2D eigenvalue weighted by atomic mass is 19.1. The Labute approximate surface area is 110 Å². The van der Waals surface area contributed by atoms with Gasteiger partial charge >= 0.3 is 0 Å². The Bertz CT molecular complexity index is 634. The molecule has 0 N–H and O–H groups in total. The molecule has 0 aliphatic carbocycles. The third-order valence-electron chi connectivity index (χ3n) is 3.30. The van der Waals surface area contributed by atoms with Gasteiger partial charge in [0.1, 0.15) is 5.82 Å². The second-order valence-corrected chi connectivity index (χ2v) is 4.71. The Morgan fingerprint density at radius 1 is 1.11 bits per heavy atom. The first-order valence-electron chi connectivity index (χ1n) is 6.19. The maximum absolute atomic E-state index is 13.1. The fourth-order valence-corrected chi connectivity index (χ4v) is 2.28. The zero-order chi connectivity index (χ0) is 13.2. The lowest BCUT2D eigenvalue weighted by molar-refractivity contribution is 0.0993. The molecule has 2 aromatic rings. The number of ketones is 1. The number of ether oxygens (including phenoxy) is 1. The third kappa shape index (κ3) is 2.56. The second kappa shape index (κ2) is 4.94. The Morgan fingerprint density at radius 2 is 1.95 bits per heavy atom. The summed E-state index contributed by atoms with van der Waals surface area (Å²) in [4.78, 5) is 12.2. The summed E-state index contributed by atoms with van der Waals surface area (Å²) >= 11 is 0. The number of halogens is 1. The van der Waals surface area contributed by atoms with Gasteiger partial charge in [0.2, 0.25) is 0 Å². The van der Waals surface area contributed by atoms with Crippen LogP contribution >= 0.6 is 0 Å². The standard InChI is InChI=1S/C16H13FO2/c17-15-3-1-2-11(6-15)7-16(18)12-4-5-13-9-19-10-14(13)8-12/h1-6,8H,7,9-10H2. The maximum atomic E-state index is 13.1. The van der Waals surface area contributed by atoms with Crippen molar-refractivity contribution in [2.24, 2.45) is 0 Å². The lowest BCUT2D eigenvalue weighted by Gasteiger charge is -2.04. The van der Waals surface area contributed by atoms with Crippen LogP contribution in [0.5, 0.6) is 0 Å². The molecule has 0 spiro atoms. The van der Waals surface area contributed by atoms with E-state index in [9.17, 15) is 9.18 Å². The van der Waals surface area contributed by atoms with E-state index in [1.54, 1.807) is 12.1 Å². The van der Waals surface area contributed by atoms with Crippen LogP contribution in [0.1, 0.15) is 27.0 Å². The number of fused-ring (bicyclic) bond motifs is 1. The maximum Gasteiger partial charge on any atom is 0.167 e. The van der Waals surface area contributed by atoms with Crippen molar-refractivity contribution in [2.75, 3.05) is 0 Å². The van der Waals surface area contributed by atoms with Gasteiger partial charge in [-0.1, -0.05) is 24.3 Å². The first-order chi connectivity index (χ1) is 9.22. The summed E-state index contributed by atoms with van der Waals surface area (Å²) in [5.41, 5.74) is 3.57. The van der Waals surface area contributed by atoms with Crippen molar-refractivity contribution < 1.29 is 13.9 Å². The van der Waals surface area contributed by atoms with E-state index in [1.807, 2.05) is 18.2 Å². The largest absolute Gasteiger partial charge is 0.372 e. The van der Waals surface area contributed by atoms with Gasteiger partial charge in [-0.2, -0.15) is 0 Å². The minimum atomic E-state index is -0.312. The molecule has 19 heavy (non-hydrogen) atoms. The van der Waals surface area contributed by atoms with Gasteiger partial charge in [-0.3, -0.25) is 4.79 Å². The van der Waals surface area contributed by atoms with Gasteiger partial charge in [0.15, 0.2) is 5.78 Å². The molecule has 0 fully saturated rings. The number of benzene rings is 2. The van der Waals surface area contributed by atoms with Crippen LogP contribution in [0.15, 0.2) is 42.5 Å². The number of carbonyl (C=O) groups is 1. The molecule has 2 nitrogen and oxygen atoms in total. The van der Waals surface area contributed by atoms with Crippen molar-refractivity contribution in [3.8, 4) is 0 Å². The van der Waals surface area contributed by atoms with E-state index in [1.165, 1.54) is 12.1 Å². The topological polar surface area (TPSA) is 26.3 Å². The van der Waals surface area contributed by atoms with Gasteiger partial charge in [0, 0.05) is 12.0 Å². The van der Waals surface area contributed by atoms with Crippen molar-refractivity contribution >= 4 is 5.78 Å². The molecule has 96 valence electrons. The first kappa shape index (κ1) is 12.1.